The number of carbonyl (C=O) groups excluding carboxylic acids is 1. The number of hydrogen-bond donors (Lipinski definition) is 1. The van der Waals surface area contributed by atoms with Gasteiger partial charge in [-0.3, -0.25) is 4.79 Å². The molecule has 1 unspecified atom stereocenters. The van der Waals surface area contributed by atoms with Crippen molar-refractivity contribution in [2.75, 3.05) is 0 Å². The number of aromatic hydroxyl groups is 1. The predicted octanol–water partition coefficient (Wildman–Crippen LogP) is 4.50. The largest absolute Gasteiger partial charge is 0.508 e. The molecular weight excluding hydrogens is 375 g/mol. The highest BCUT2D eigenvalue weighted by Crippen LogP contribution is 2.35. The third kappa shape index (κ3) is 2.97. The van der Waals surface area contributed by atoms with E-state index in [0.29, 0.717) is 5.56 Å². The summed E-state index contributed by atoms with van der Waals surface area (Å²) in [5.41, 5.74) is 5.02. The Bertz CT molecular complexity index is 1300. The lowest BCUT2D eigenvalue weighted by atomic mass is 9.69. The molecule has 3 aromatic rings. The molecule has 3 aromatic carbocycles. The second kappa shape index (κ2) is 6.66. The van der Waals surface area contributed by atoms with Crippen LogP contribution < -0.4 is 10.4 Å². The molecule has 0 bridgehead atoms. The fourth-order valence-corrected chi connectivity index (χ4v) is 5.00. The molecule has 2 aliphatic carbocycles. The van der Waals surface area contributed by atoms with E-state index in [4.69, 9.17) is 0 Å². The Morgan fingerprint density at radius 3 is 2.50 bits per heavy atom. The first kappa shape index (κ1) is 18.8. The fourth-order valence-electron chi connectivity index (χ4n) is 5.00. The van der Waals surface area contributed by atoms with Crippen molar-refractivity contribution in [2.24, 2.45) is 5.92 Å². The average Bonchev–Trinajstić information content (AvgIpc) is 2.72. The summed E-state index contributed by atoms with van der Waals surface area (Å²) in [5.74, 6) is -0.272. The third-order valence-corrected chi connectivity index (χ3v) is 6.48. The summed E-state index contributed by atoms with van der Waals surface area (Å²) in [6.07, 6.45) is 5.78. The van der Waals surface area contributed by atoms with Crippen LogP contribution in [0.1, 0.15) is 41.8 Å². The highest BCUT2D eigenvalue weighted by Gasteiger charge is 2.33. The number of carbonyl (C=O) groups is 1. The van der Waals surface area contributed by atoms with E-state index in [1.165, 1.54) is 17.7 Å². The van der Waals surface area contributed by atoms with Gasteiger partial charge < -0.3 is 5.11 Å². The van der Waals surface area contributed by atoms with Crippen molar-refractivity contribution >= 4 is 17.9 Å². The summed E-state index contributed by atoms with van der Waals surface area (Å²) in [5, 5.41) is 12.1. The summed E-state index contributed by atoms with van der Waals surface area (Å²) in [7, 11) is 0. The van der Waals surface area contributed by atoms with Crippen LogP contribution in [0, 0.1) is 11.7 Å². The predicted molar refractivity (Wildman–Crippen MR) is 117 cm³/mol. The maximum atomic E-state index is 13.3. The van der Waals surface area contributed by atoms with E-state index in [-0.39, 0.29) is 28.7 Å². The number of rotatable bonds is 2. The van der Waals surface area contributed by atoms with Crippen LogP contribution >= 0.6 is 0 Å². The van der Waals surface area contributed by atoms with Crippen LogP contribution in [0.5, 0.6) is 5.75 Å². The maximum Gasteiger partial charge on any atom is 0.169 e. The van der Waals surface area contributed by atoms with Crippen molar-refractivity contribution in [3.63, 3.8) is 0 Å². The molecule has 0 aliphatic heterocycles. The Kier molecular flexibility index (Phi) is 4.18. The van der Waals surface area contributed by atoms with E-state index >= 15 is 0 Å². The Morgan fingerprint density at radius 2 is 1.73 bits per heavy atom. The highest BCUT2D eigenvalue weighted by atomic mass is 19.1. The molecule has 2 aliphatic rings. The molecule has 150 valence electrons. The van der Waals surface area contributed by atoms with Crippen LogP contribution in [0.4, 0.5) is 4.39 Å². The topological polar surface area (TPSA) is 37.3 Å². The van der Waals surface area contributed by atoms with Crippen LogP contribution in [0.3, 0.4) is 0 Å². The summed E-state index contributed by atoms with van der Waals surface area (Å²) in [6.45, 7) is 4.37. The van der Waals surface area contributed by atoms with Gasteiger partial charge >= 0.3 is 0 Å². The van der Waals surface area contributed by atoms with E-state index in [0.717, 1.165) is 40.0 Å². The Morgan fingerprint density at radius 1 is 1.00 bits per heavy atom. The smallest absolute Gasteiger partial charge is 0.169 e. The van der Waals surface area contributed by atoms with E-state index in [1.54, 1.807) is 18.2 Å². The number of benzene rings is 3. The van der Waals surface area contributed by atoms with Gasteiger partial charge in [-0.05, 0) is 87.3 Å². The molecule has 0 aromatic heterocycles. The summed E-state index contributed by atoms with van der Waals surface area (Å²) >= 11 is 0. The molecule has 0 saturated heterocycles. The lowest BCUT2D eigenvalue weighted by molar-refractivity contribution is 0.0933. The van der Waals surface area contributed by atoms with Crippen molar-refractivity contribution in [3.05, 3.63) is 87.5 Å². The Balaban J connectivity index is 1.69. The summed E-state index contributed by atoms with van der Waals surface area (Å²) < 4.78 is 13.3. The van der Waals surface area contributed by atoms with Gasteiger partial charge in [0.1, 0.15) is 11.6 Å². The first-order valence-corrected chi connectivity index (χ1v) is 10.3. The molecule has 2 nitrogen and oxygen atoms in total. The van der Waals surface area contributed by atoms with Gasteiger partial charge in [-0.25, -0.2) is 4.39 Å². The molecule has 0 amide bonds. The average molecular weight is 398 g/mol. The summed E-state index contributed by atoms with van der Waals surface area (Å²) in [6, 6.07) is 15.7. The van der Waals surface area contributed by atoms with Gasteiger partial charge in [0.25, 0.3) is 0 Å². The van der Waals surface area contributed by atoms with Crippen molar-refractivity contribution in [1.29, 1.82) is 0 Å². The quantitative estimate of drug-likeness (QED) is 0.646. The minimum atomic E-state index is -0.335. The minimum absolute atomic E-state index is 0.0347. The van der Waals surface area contributed by atoms with Crippen molar-refractivity contribution < 1.29 is 14.3 Å². The molecule has 0 heterocycles. The van der Waals surface area contributed by atoms with Gasteiger partial charge in [0.2, 0.25) is 0 Å². The number of Topliss-reactive ketones (excluding diaryl/α,β-unsaturated/α-hetero) is 1. The SMILES string of the molecule is CC1(C)CC(C(=O)c2ccc(F)cc2)C=c2c1ccc1c2=CCc2cc(O)ccc2-1. The van der Waals surface area contributed by atoms with Gasteiger partial charge in [-0.2, -0.15) is 0 Å². The molecule has 1 N–H and O–H groups in total. The van der Waals surface area contributed by atoms with Gasteiger partial charge in [-0.1, -0.05) is 44.2 Å². The standard InChI is InChI=1S/C27H23FO2/c1-27(2)15-18(26(30)16-3-6-19(28)7-4-16)14-24-23-9-5-17-13-20(29)8-10-21(17)22(23)11-12-25(24)27/h3-4,6-14,18,29H,5,15H2,1-2H3. The number of halogens is 1. The molecule has 30 heavy (non-hydrogen) atoms. The molecule has 3 heteroatoms. The van der Waals surface area contributed by atoms with Crippen LogP contribution in [0.15, 0.2) is 54.6 Å². The zero-order valence-corrected chi connectivity index (χ0v) is 17.1. The first-order chi connectivity index (χ1) is 14.3. The van der Waals surface area contributed by atoms with Crippen LogP contribution in [0.2, 0.25) is 0 Å². The molecular formula is C27H23FO2. The van der Waals surface area contributed by atoms with Crippen molar-refractivity contribution in [2.45, 2.75) is 32.1 Å². The molecule has 0 saturated carbocycles. The van der Waals surface area contributed by atoms with Gasteiger partial charge in [0.15, 0.2) is 5.78 Å². The number of phenolic OH excluding ortho intramolecular Hbond substituents is 1. The summed E-state index contributed by atoms with van der Waals surface area (Å²) in [4.78, 5) is 13.2. The number of phenols is 1. The second-order valence-corrected chi connectivity index (χ2v) is 8.97. The first-order valence-electron chi connectivity index (χ1n) is 10.3. The second-order valence-electron chi connectivity index (χ2n) is 8.97. The van der Waals surface area contributed by atoms with Crippen LogP contribution in [-0.4, -0.2) is 10.9 Å². The van der Waals surface area contributed by atoms with Crippen LogP contribution in [0.25, 0.3) is 23.3 Å². The maximum absolute atomic E-state index is 13.3. The van der Waals surface area contributed by atoms with Gasteiger partial charge in [0.05, 0.1) is 0 Å². The van der Waals surface area contributed by atoms with Gasteiger partial charge in [-0.15, -0.1) is 0 Å². The highest BCUT2D eigenvalue weighted by molar-refractivity contribution is 6.01. The monoisotopic (exact) mass is 398 g/mol. The number of fused-ring (bicyclic) bond motifs is 5. The number of hydrogen-bond acceptors (Lipinski definition) is 2. The number of ketones is 1. The zero-order chi connectivity index (χ0) is 21.0. The molecule has 0 fully saturated rings. The Labute approximate surface area is 175 Å². The molecule has 0 radical (unpaired) electrons. The van der Waals surface area contributed by atoms with E-state index in [1.807, 2.05) is 12.1 Å². The van der Waals surface area contributed by atoms with Crippen LogP contribution in [-0.2, 0) is 11.8 Å². The van der Waals surface area contributed by atoms with E-state index < -0.39 is 0 Å². The lowest BCUT2D eigenvalue weighted by Crippen LogP contribution is -2.43. The van der Waals surface area contributed by atoms with Crippen molar-refractivity contribution in [1.82, 2.24) is 0 Å². The fraction of sp³-hybridized carbons (Fsp3) is 0.222. The lowest BCUT2D eigenvalue weighted by Gasteiger charge is -2.34. The molecule has 0 spiro atoms. The van der Waals surface area contributed by atoms with E-state index in [9.17, 15) is 14.3 Å². The van der Waals surface area contributed by atoms with Crippen molar-refractivity contribution in [3.8, 4) is 16.9 Å². The third-order valence-electron chi connectivity index (χ3n) is 6.48. The van der Waals surface area contributed by atoms with Gasteiger partial charge in [0, 0.05) is 11.5 Å². The zero-order valence-electron chi connectivity index (χ0n) is 17.1. The Hall–Kier alpha value is -3.20. The minimum Gasteiger partial charge on any atom is -0.508 e. The molecule has 1 atom stereocenters. The van der Waals surface area contributed by atoms with E-state index in [2.05, 4.69) is 38.1 Å². The molecule has 5 rings (SSSR count). The normalized spacial score (nSPS) is 18.3.